The molecule has 0 fully saturated rings. The Kier molecular flexibility index (Phi) is 5.90. The zero-order valence-corrected chi connectivity index (χ0v) is 16.2. The second-order valence-electron chi connectivity index (χ2n) is 5.60. The number of ether oxygens (including phenoxy) is 4. The lowest BCUT2D eigenvalue weighted by Crippen LogP contribution is -2.41. The molecule has 0 atom stereocenters. The van der Waals surface area contributed by atoms with Gasteiger partial charge in [0, 0.05) is 11.6 Å². The number of benzene rings is 2. The van der Waals surface area contributed by atoms with Gasteiger partial charge >= 0.3 is 0 Å². The van der Waals surface area contributed by atoms with Crippen molar-refractivity contribution < 1.29 is 32.2 Å². The van der Waals surface area contributed by atoms with Crippen molar-refractivity contribution in [1.82, 2.24) is 10.3 Å². The largest absolute Gasteiger partial charge is 0.490 e. The molecule has 9 nitrogen and oxygen atoms in total. The van der Waals surface area contributed by atoms with Gasteiger partial charge in [0.2, 0.25) is 6.79 Å². The Morgan fingerprint density at radius 3 is 2.46 bits per heavy atom. The van der Waals surface area contributed by atoms with E-state index in [0.717, 1.165) is 0 Å². The number of amides is 1. The summed E-state index contributed by atoms with van der Waals surface area (Å²) in [6.45, 7) is 4.43. The molecule has 1 aliphatic heterocycles. The summed E-state index contributed by atoms with van der Waals surface area (Å²) in [6, 6.07) is 8.75. The lowest BCUT2D eigenvalue weighted by Gasteiger charge is -2.13. The molecule has 2 aromatic carbocycles. The number of nitrogens with one attached hydrogen (secondary N) is 2. The molecule has 0 bridgehead atoms. The first-order chi connectivity index (χ1) is 13.4. The van der Waals surface area contributed by atoms with Crippen LogP contribution < -0.4 is 29.2 Å². The summed E-state index contributed by atoms with van der Waals surface area (Å²) in [6.07, 6.45) is 0. The van der Waals surface area contributed by atoms with Crippen LogP contribution in [0.15, 0.2) is 41.3 Å². The minimum absolute atomic E-state index is 0.0763. The third kappa shape index (κ3) is 4.29. The van der Waals surface area contributed by atoms with Gasteiger partial charge in [0.05, 0.1) is 18.1 Å². The Hall–Kier alpha value is -2.98. The van der Waals surface area contributed by atoms with E-state index in [1.165, 1.54) is 30.3 Å². The van der Waals surface area contributed by atoms with E-state index in [9.17, 15) is 13.2 Å². The summed E-state index contributed by atoms with van der Waals surface area (Å²) >= 11 is 0. The molecule has 1 aliphatic rings. The van der Waals surface area contributed by atoms with Crippen LogP contribution in [0, 0.1) is 0 Å². The third-order valence-corrected chi connectivity index (χ3v) is 5.00. The predicted octanol–water partition coefficient (Wildman–Crippen LogP) is 1.84. The molecular weight excluding hydrogens is 388 g/mol. The molecular formula is C18H20N2O7S. The van der Waals surface area contributed by atoms with Gasteiger partial charge in [-0.25, -0.2) is 8.42 Å². The van der Waals surface area contributed by atoms with Crippen molar-refractivity contribution in [2.24, 2.45) is 0 Å². The normalized spacial score (nSPS) is 12.5. The van der Waals surface area contributed by atoms with Crippen molar-refractivity contribution in [3.05, 3.63) is 42.0 Å². The fourth-order valence-electron chi connectivity index (χ4n) is 2.48. The van der Waals surface area contributed by atoms with Gasteiger partial charge < -0.3 is 18.9 Å². The standard InChI is InChI=1S/C18H20N2O7S/c1-3-24-14-8-6-13(10-17(14)25-4-2)28(22,23)20-19-18(21)12-5-7-15-16(9-12)27-11-26-15/h5-10,20H,3-4,11H2,1-2H3,(H,19,21). The van der Waals surface area contributed by atoms with Gasteiger partial charge in [0.15, 0.2) is 23.0 Å². The molecule has 1 amide bonds. The Balaban J connectivity index is 1.72. The average molecular weight is 408 g/mol. The molecule has 2 aromatic rings. The lowest BCUT2D eigenvalue weighted by atomic mass is 10.2. The topological polar surface area (TPSA) is 112 Å². The first-order valence-corrected chi connectivity index (χ1v) is 10.0. The number of hydrogen-bond donors (Lipinski definition) is 2. The Bertz CT molecular complexity index is 976. The molecule has 3 rings (SSSR count). The second kappa shape index (κ2) is 8.36. The summed E-state index contributed by atoms with van der Waals surface area (Å²) in [5.41, 5.74) is 2.39. The van der Waals surface area contributed by atoms with Gasteiger partial charge in [-0.05, 0) is 44.2 Å². The van der Waals surface area contributed by atoms with Crippen molar-refractivity contribution in [1.29, 1.82) is 0 Å². The van der Waals surface area contributed by atoms with Crippen LogP contribution in [-0.2, 0) is 10.0 Å². The fourth-order valence-corrected chi connectivity index (χ4v) is 3.34. The van der Waals surface area contributed by atoms with E-state index in [1.54, 1.807) is 13.0 Å². The summed E-state index contributed by atoms with van der Waals surface area (Å²) < 4.78 is 46.3. The molecule has 28 heavy (non-hydrogen) atoms. The number of hydrazine groups is 1. The van der Waals surface area contributed by atoms with Crippen molar-refractivity contribution in [3.63, 3.8) is 0 Å². The van der Waals surface area contributed by atoms with Gasteiger partial charge in [0.25, 0.3) is 15.9 Å². The Morgan fingerprint density at radius 1 is 1.00 bits per heavy atom. The Labute approximate surface area is 162 Å². The maximum absolute atomic E-state index is 12.5. The summed E-state index contributed by atoms with van der Waals surface area (Å²) in [5.74, 6) is 1.04. The highest BCUT2D eigenvalue weighted by Gasteiger charge is 2.20. The smallest absolute Gasteiger partial charge is 0.266 e. The minimum Gasteiger partial charge on any atom is -0.490 e. The van der Waals surface area contributed by atoms with E-state index in [4.69, 9.17) is 18.9 Å². The van der Waals surface area contributed by atoms with Crippen molar-refractivity contribution in [3.8, 4) is 23.0 Å². The highest BCUT2D eigenvalue weighted by molar-refractivity contribution is 7.89. The third-order valence-electron chi connectivity index (χ3n) is 3.76. The molecule has 0 unspecified atom stereocenters. The number of carbonyl (C=O) groups is 1. The molecule has 10 heteroatoms. The van der Waals surface area contributed by atoms with E-state index >= 15 is 0 Å². The van der Waals surface area contributed by atoms with Crippen LogP contribution in [0.5, 0.6) is 23.0 Å². The van der Waals surface area contributed by atoms with E-state index in [2.05, 4.69) is 10.3 Å². The quantitative estimate of drug-likeness (QED) is 0.641. The molecule has 2 N–H and O–H groups in total. The highest BCUT2D eigenvalue weighted by Crippen LogP contribution is 2.32. The van der Waals surface area contributed by atoms with E-state index in [1.807, 2.05) is 6.92 Å². The molecule has 0 saturated heterocycles. The maximum atomic E-state index is 12.5. The van der Waals surface area contributed by atoms with Crippen LogP contribution in [-0.4, -0.2) is 34.3 Å². The van der Waals surface area contributed by atoms with E-state index in [0.29, 0.717) is 36.2 Å². The zero-order chi connectivity index (χ0) is 20.1. The number of carbonyl (C=O) groups excluding carboxylic acids is 1. The lowest BCUT2D eigenvalue weighted by molar-refractivity contribution is 0.0944. The second-order valence-corrected chi connectivity index (χ2v) is 7.28. The SMILES string of the molecule is CCOc1ccc(S(=O)(=O)NNC(=O)c2ccc3c(c2)OCO3)cc1OCC. The average Bonchev–Trinajstić information content (AvgIpc) is 3.15. The number of fused-ring (bicyclic) bond motifs is 1. The van der Waals surface area contributed by atoms with Crippen LogP contribution in [0.1, 0.15) is 24.2 Å². The van der Waals surface area contributed by atoms with E-state index in [-0.39, 0.29) is 17.3 Å². The van der Waals surface area contributed by atoms with Crippen molar-refractivity contribution in [2.75, 3.05) is 20.0 Å². The maximum Gasteiger partial charge on any atom is 0.266 e. The summed E-state index contributed by atoms with van der Waals surface area (Å²) in [4.78, 5) is 14.2. The summed E-state index contributed by atoms with van der Waals surface area (Å²) in [7, 11) is -4.02. The van der Waals surface area contributed by atoms with Crippen molar-refractivity contribution >= 4 is 15.9 Å². The van der Waals surface area contributed by atoms with Gasteiger partial charge in [-0.3, -0.25) is 10.2 Å². The van der Waals surface area contributed by atoms with Crippen molar-refractivity contribution in [2.45, 2.75) is 18.7 Å². The predicted molar refractivity (Wildman–Crippen MR) is 99.1 cm³/mol. The Morgan fingerprint density at radius 2 is 1.71 bits per heavy atom. The molecule has 150 valence electrons. The number of rotatable bonds is 8. The van der Waals surface area contributed by atoms with E-state index < -0.39 is 15.9 Å². The molecule has 0 saturated carbocycles. The molecule has 0 radical (unpaired) electrons. The number of hydrogen-bond acceptors (Lipinski definition) is 7. The minimum atomic E-state index is -4.02. The van der Waals surface area contributed by atoms with Gasteiger partial charge in [0.1, 0.15) is 0 Å². The fraction of sp³-hybridized carbons (Fsp3) is 0.278. The van der Waals surface area contributed by atoms with Crippen LogP contribution in [0.25, 0.3) is 0 Å². The first kappa shape index (κ1) is 19.8. The molecule has 0 aromatic heterocycles. The van der Waals surface area contributed by atoms with Crippen LogP contribution in [0.4, 0.5) is 0 Å². The molecule has 1 heterocycles. The highest BCUT2D eigenvalue weighted by atomic mass is 32.2. The number of sulfonamides is 1. The van der Waals surface area contributed by atoms with Gasteiger partial charge in [-0.1, -0.05) is 0 Å². The molecule has 0 aliphatic carbocycles. The van der Waals surface area contributed by atoms with Crippen LogP contribution in [0.3, 0.4) is 0 Å². The van der Waals surface area contributed by atoms with Crippen LogP contribution in [0.2, 0.25) is 0 Å². The monoisotopic (exact) mass is 408 g/mol. The van der Waals surface area contributed by atoms with Gasteiger partial charge in [-0.2, -0.15) is 0 Å². The molecule has 0 spiro atoms. The first-order valence-electron chi connectivity index (χ1n) is 8.56. The van der Waals surface area contributed by atoms with Gasteiger partial charge in [-0.15, -0.1) is 4.83 Å². The van der Waals surface area contributed by atoms with Crippen LogP contribution >= 0.6 is 0 Å². The zero-order valence-electron chi connectivity index (χ0n) is 15.4. The summed E-state index contributed by atoms with van der Waals surface area (Å²) in [5, 5.41) is 0.